The summed E-state index contributed by atoms with van der Waals surface area (Å²) in [4.78, 5) is 0. The van der Waals surface area contributed by atoms with Crippen LogP contribution in [0.1, 0.15) is 16.7 Å². The van der Waals surface area contributed by atoms with Gasteiger partial charge in [0.25, 0.3) is 0 Å². The van der Waals surface area contributed by atoms with Gasteiger partial charge in [0.05, 0.1) is 0 Å². The zero-order chi connectivity index (χ0) is 22.6. The van der Waals surface area contributed by atoms with Gasteiger partial charge in [-0.15, -0.1) is 0 Å². The standard InChI is InChI=1S/C28H29O3P/c1-22-14-8-11-19-26(22)29-32(4,25-17-6-5-7-18-25,30-27-20-12-9-15-23(27)2)31-28-21-13-10-16-24(28)3/h5-21H,1-4H3. The second-order valence-electron chi connectivity index (χ2n) is 8.17. The molecule has 4 aromatic rings. The molecule has 0 heterocycles. The van der Waals surface area contributed by atoms with Gasteiger partial charge in [-0.1, -0.05) is 0 Å². The number of benzene rings is 4. The van der Waals surface area contributed by atoms with Crippen LogP contribution in [-0.2, 0) is 0 Å². The van der Waals surface area contributed by atoms with Gasteiger partial charge in [-0.3, -0.25) is 0 Å². The summed E-state index contributed by atoms with van der Waals surface area (Å²) in [6.45, 7) is 8.07. The molecule has 3 nitrogen and oxygen atoms in total. The molecule has 0 aliphatic carbocycles. The van der Waals surface area contributed by atoms with Crippen molar-refractivity contribution in [2.45, 2.75) is 20.8 Å². The summed E-state index contributed by atoms with van der Waals surface area (Å²) in [5.41, 5.74) is 3.04. The van der Waals surface area contributed by atoms with Crippen LogP contribution in [0.4, 0.5) is 0 Å². The first-order valence-electron chi connectivity index (χ1n) is 10.7. The fourth-order valence-electron chi connectivity index (χ4n) is 3.63. The van der Waals surface area contributed by atoms with E-state index in [0.717, 1.165) is 39.2 Å². The van der Waals surface area contributed by atoms with Crippen molar-refractivity contribution < 1.29 is 13.6 Å². The summed E-state index contributed by atoms with van der Waals surface area (Å²) in [5.74, 6) is 2.20. The first kappa shape index (κ1) is 21.9. The van der Waals surface area contributed by atoms with Crippen LogP contribution in [0, 0.1) is 20.8 Å². The number of aryl methyl sites for hydroxylation is 3. The predicted octanol–water partition coefficient (Wildman–Crippen LogP) is 7.40. The molecule has 0 atom stereocenters. The molecule has 4 heteroatoms. The number of hydrogen-bond donors (Lipinski definition) is 0. The van der Waals surface area contributed by atoms with Gasteiger partial charge in [0.2, 0.25) is 0 Å². The molecule has 0 aliphatic heterocycles. The van der Waals surface area contributed by atoms with E-state index in [0.29, 0.717) is 0 Å². The maximum absolute atomic E-state index is 6.91. The van der Waals surface area contributed by atoms with Crippen molar-refractivity contribution in [3.8, 4) is 17.2 Å². The molecule has 4 rings (SSSR count). The van der Waals surface area contributed by atoms with Gasteiger partial charge in [-0.25, -0.2) is 0 Å². The number of hydrogen-bond acceptors (Lipinski definition) is 3. The molecule has 0 unspecified atom stereocenters. The normalized spacial score (nSPS) is 12.4. The minimum atomic E-state index is -4.00. The monoisotopic (exact) mass is 444 g/mol. The van der Waals surface area contributed by atoms with Crippen molar-refractivity contribution in [2.75, 3.05) is 6.66 Å². The molecule has 0 amide bonds. The third-order valence-electron chi connectivity index (χ3n) is 5.54. The van der Waals surface area contributed by atoms with Gasteiger partial charge in [-0.2, -0.15) is 0 Å². The third kappa shape index (κ3) is 4.35. The molecule has 0 aromatic heterocycles. The van der Waals surface area contributed by atoms with Crippen LogP contribution in [-0.4, -0.2) is 6.66 Å². The van der Waals surface area contributed by atoms with Crippen molar-refractivity contribution in [1.29, 1.82) is 0 Å². The molecule has 0 saturated heterocycles. The summed E-state index contributed by atoms with van der Waals surface area (Å²) >= 11 is 0. The van der Waals surface area contributed by atoms with Crippen molar-refractivity contribution in [3.05, 3.63) is 120 Å². The van der Waals surface area contributed by atoms with Crippen molar-refractivity contribution in [1.82, 2.24) is 0 Å². The van der Waals surface area contributed by atoms with E-state index in [1.165, 1.54) is 0 Å². The van der Waals surface area contributed by atoms with E-state index in [1.807, 2.05) is 131 Å². The summed E-state index contributed by atoms with van der Waals surface area (Å²) in [6, 6.07) is 33.9. The van der Waals surface area contributed by atoms with Crippen LogP contribution in [0.3, 0.4) is 0 Å². The summed E-state index contributed by atoms with van der Waals surface area (Å²) in [6.07, 6.45) is 0. The second kappa shape index (κ2) is 8.68. The van der Waals surface area contributed by atoms with Gasteiger partial charge < -0.3 is 0 Å². The molecular formula is C28H29O3P. The Hall–Kier alpha value is -3.29. The zero-order valence-electron chi connectivity index (χ0n) is 19.0. The Morgan fingerprint density at radius 2 is 0.750 bits per heavy atom. The van der Waals surface area contributed by atoms with Crippen LogP contribution < -0.4 is 18.9 Å². The number of rotatable bonds is 7. The van der Waals surface area contributed by atoms with E-state index < -0.39 is 7.28 Å². The summed E-state index contributed by atoms with van der Waals surface area (Å²) < 4.78 is 20.7. The van der Waals surface area contributed by atoms with Crippen LogP contribution in [0.2, 0.25) is 0 Å². The molecule has 32 heavy (non-hydrogen) atoms. The van der Waals surface area contributed by atoms with Gasteiger partial charge in [0.1, 0.15) is 0 Å². The first-order valence-corrected chi connectivity index (χ1v) is 13.2. The molecule has 0 aliphatic rings. The molecule has 0 bridgehead atoms. The Morgan fingerprint density at radius 3 is 1.09 bits per heavy atom. The maximum atomic E-state index is 6.91. The topological polar surface area (TPSA) is 27.7 Å². The fourth-order valence-corrected chi connectivity index (χ4v) is 6.88. The van der Waals surface area contributed by atoms with Crippen LogP contribution >= 0.6 is 7.28 Å². The fraction of sp³-hybridized carbons (Fsp3) is 0.143. The van der Waals surface area contributed by atoms with Crippen molar-refractivity contribution >= 4 is 12.6 Å². The second-order valence-corrected chi connectivity index (χ2v) is 11.8. The Morgan fingerprint density at radius 1 is 0.438 bits per heavy atom. The Bertz CT molecular complexity index is 1100. The van der Waals surface area contributed by atoms with Crippen LogP contribution in [0.25, 0.3) is 0 Å². The Balaban J connectivity index is 1.98. The predicted molar refractivity (Wildman–Crippen MR) is 134 cm³/mol. The Labute approximate surface area is 190 Å². The average molecular weight is 445 g/mol. The van der Waals surface area contributed by atoms with Crippen molar-refractivity contribution in [2.24, 2.45) is 0 Å². The van der Waals surface area contributed by atoms with Gasteiger partial charge in [0.15, 0.2) is 0 Å². The summed E-state index contributed by atoms with van der Waals surface area (Å²) in [7, 11) is -4.00. The molecule has 4 aromatic carbocycles. The zero-order valence-corrected chi connectivity index (χ0v) is 19.9. The molecule has 0 radical (unpaired) electrons. The molecule has 0 spiro atoms. The SMILES string of the molecule is Cc1ccccc1OP(C)(Oc1ccccc1C)(Oc1ccccc1C)c1ccccc1. The van der Waals surface area contributed by atoms with E-state index in [1.54, 1.807) is 0 Å². The van der Waals surface area contributed by atoms with Crippen LogP contribution in [0.5, 0.6) is 17.2 Å². The first-order chi connectivity index (χ1) is 15.4. The van der Waals surface area contributed by atoms with E-state index in [-0.39, 0.29) is 0 Å². The quantitative estimate of drug-likeness (QED) is 0.278. The van der Waals surface area contributed by atoms with Crippen molar-refractivity contribution in [3.63, 3.8) is 0 Å². The van der Waals surface area contributed by atoms with Gasteiger partial charge in [-0.05, 0) is 0 Å². The molecule has 0 saturated carbocycles. The summed E-state index contributed by atoms with van der Waals surface area (Å²) in [5, 5.41) is 0.869. The van der Waals surface area contributed by atoms with E-state index in [9.17, 15) is 0 Å². The van der Waals surface area contributed by atoms with E-state index in [2.05, 4.69) is 0 Å². The Kier molecular flexibility index (Phi) is 5.95. The molecule has 0 N–H and O–H groups in total. The third-order valence-corrected chi connectivity index (χ3v) is 8.85. The minimum absolute atomic E-state index is 0.735. The van der Waals surface area contributed by atoms with E-state index >= 15 is 0 Å². The average Bonchev–Trinajstić information content (AvgIpc) is 2.80. The molecular weight excluding hydrogens is 415 g/mol. The van der Waals surface area contributed by atoms with E-state index in [4.69, 9.17) is 13.6 Å². The number of para-hydroxylation sites is 3. The molecule has 0 fully saturated rings. The molecule has 164 valence electrons. The van der Waals surface area contributed by atoms with Crippen LogP contribution in [0.15, 0.2) is 103 Å². The van der Waals surface area contributed by atoms with Gasteiger partial charge >= 0.3 is 191 Å². The van der Waals surface area contributed by atoms with Gasteiger partial charge in [0, 0.05) is 0 Å².